The maximum absolute atomic E-state index is 11.4. The highest BCUT2D eigenvalue weighted by Gasteiger charge is 2.25. The number of hydrogen-bond acceptors (Lipinski definition) is 2. The molecule has 13 heavy (non-hydrogen) atoms. The van der Waals surface area contributed by atoms with Crippen molar-refractivity contribution in [1.82, 2.24) is 10.6 Å². The molecule has 3 heteroatoms. The van der Waals surface area contributed by atoms with E-state index in [1.165, 1.54) is 0 Å². The van der Waals surface area contributed by atoms with Gasteiger partial charge in [-0.25, -0.2) is 0 Å². The molecule has 0 aromatic rings. The number of nitrogens with one attached hydrogen (secondary N) is 2. The average Bonchev–Trinajstić information content (AvgIpc) is 2.88. The van der Waals surface area contributed by atoms with Crippen LogP contribution in [0.5, 0.6) is 0 Å². The van der Waals surface area contributed by atoms with Crippen LogP contribution in [-0.2, 0) is 4.79 Å². The van der Waals surface area contributed by atoms with Crippen molar-refractivity contribution in [2.45, 2.75) is 38.3 Å². The van der Waals surface area contributed by atoms with Crippen LogP contribution in [0.25, 0.3) is 0 Å². The first-order valence-corrected chi connectivity index (χ1v) is 4.88. The standard InChI is InChI=1S/C10H18N2O/c1-3-4-7-11-8(2)10(13)12-9-5-6-9/h3,8-9,11H,1,4-7H2,2H3,(H,12,13). The molecule has 1 unspecified atom stereocenters. The maximum atomic E-state index is 11.4. The van der Waals surface area contributed by atoms with Crippen molar-refractivity contribution in [3.63, 3.8) is 0 Å². The monoisotopic (exact) mass is 182 g/mol. The highest BCUT2D eigenvalue weighted by molar-refractivity contribution is 5.81. The molecule has 0 bridgehead atoms. The number of amides is 1. The van der Waals surface area contributed by atoms with Crippen molar-refractivity contribution < 1.29 is 4.79 Å². The summed E-state index contributed by atoms with van der Waals surface area (Å²) in [6.07, 6.45) is 5.04. The van der Waals surface area contributed by atoms with Crippen LogP contribution < -0.4 is 10.6 Å². The molecule has 0 spiro atoms. The van der Waals surface area contributed by atoms with Gasteiger partial charge in [0, 0.05) is 6.04 Å². The van der Waals surface area contributed by atoms with Crippen LogP contribution in [0.3, 0.4) is 0 Å². The first-order valence-electron chi connectivity index (χ1n) is 4.88. The van der Waals surface area contributed by atoms with Gasteiger partial charge >= 0.3 is 0 Å². The van der Waals surface area contributed by atoms with Gasteiger partial charge in [0.1, 0.15) is 0 Å². The van der Waals surface area contributed by atoms with Crippen LogP contribution >= 0.6 is 0 Å². The zero-order valence-corrected chi connectivity index (χ0v) is 8.18. The van der Waals surface area contributed by atoms with E-state index in [0.717, 1.165) is 25.8 Å². The summed E-state index contributed by atoms with van der Waals surface area (Å²) in [4.78, 5) is 11.4. The van der Waals surface area contributed by atoms with Crippen molar-refractivity contribution in [1.29, 1.82) is 0 Å². The SMILES string of the molecule is C=CCCNC(C)C(=O)NC1CC1. The van der Waals surface area contributed by atoms with Gasteiger partial charge in [-0.15, -0.1) is 6.58 Å². The van der Waals surface area contributed by atoms with Crippen LogP contribution in [0.2, 0.25) is 0 Å². The smallest absolute Gasteiger partial charge is 0.237 e. The second-order valence-electron chi connectivity index (χ2n) is 3.54. The van der Waals surface area contributed by atoms with Gasteiger partial charge in [-0.3, -0.25) is 4.79 Å². The number of carbonyl (C=O) groups is 1. The molecule has 0 radical (unpaired) electrons. The number of hydrogen-bond donors (Lipinski definition) is 2. The normalized spacial score (nSPS) is 17.9. The summed E-state index contributed by atoms with van der Waals surface area (Å²) in [5.74, 6) is 0.117. The fraction of sp³-hybridized carbons (Fsp3) is 0.700. The number of carbonyl (C=O) groups excluding carboxylic acids is 1. The molecule has 1 amide bonds. The minimum atomic E-state index is -0.0828. The molecule has 2 N–H and O–H groups in total. The van der Waals surface area contributed by atoms with Gasteiger partial charge in [0.05, 0.1) is 6.04 Å². The van der Waals surface area contributed by atoms with Crippen molar-refractivity contribution in [2.75, 3.05) is 6.54 Å². The van der Waals surface area contributed by atoms with E-state index in [0.29, 0.717) is 6.04 Å². The Kier molecular flexibility index (Phi) is 3.96. The third-order valence-corrected chi connectivity index (χ3v) is 2.12. The third kappa shape index (κ3) is 4.08. The van der Waals surface area contributed by atoms with Crippen LogP contribution in [-0.4, -0.2) is 24.5 Å². The van der Waals surface area contributed by atoms with Crippen LogP contribution in [0.1, 0.15) is 26.2 Å². The summed E-state index contributed by atoms with van der Waals surface area (Å²) < 4.78 is 0. The lowest BCUT2D eigenvalue weighted by atomic mass is 10.3. The predicted octanol–water partition coefficient (Wildman–Crippen LogP) is 0.819. The van der Waals surface area contributed by atoms with E-state index in [-0.39, 0.29) is 11.9 Å². The Balaban J connectivity index is 2.09. The minimum Gasteiger partial charge on any atom is -0.352 e. The lowest BCUT2D eigenvalue weighted by molar-refractivity contribution is -0.122. The zero-order chi connectivity index (χ0) is 9.68. The maximum Gasteiger partial charge on any atom is 0.237 e. The Bertz CT molecular complexity index is 187. The molecule has 1 atom stereocenters. The lowest BCUT2D eigenvalue weighted by Crippen LogP contribution is -2.43. The molecule has 1 fully saturated rings. The summed E-state index contributed by atoms with van der Waals surface area (Å²) in [7, 11) is 0. The Morgan fingerprint density at radius 3 is 2.92 bits per heavy atom. The van der Waals surface area contributed by atoms with Gasteiger partial charge < -0.3 is 10.6 Å². The molecule has 0 aliphatic heterocycles. The first kappa shape index (κ1) is 10.3. The van der Waals surface area contributed by atoms with E-state index in [2.05, 4.69) is 17.2 Å². The summed E-state index contributed by atoms with van der Waals surface area (Å²) in [5, 5.41) is 6.09. The topological polar surface area (TPSA) is 41.1 Å². The summed E-state index contributed by atoms with van der Waals surface area (Å²) in [5.41, 5.74) is 0. The summed E-state index contributed by atoms with van der Waals surface area (Å²) in [6.45, 7) is 6.33. The van der Waals surface area contributed by atoms with Gasteiger partial charge in [-0.2, -0.15) is 0 Å². The Morgan fingerprint density at radius 2 is 2.38 bits per heavy atom. The molecule has 3 nitrogen and oxygen atoms in total. The predicted molar refractivity (Wildman–Crippen MR) is 53.4 cm³/mol. The first-order chi connectivity index (χ1) is 6.24. The van der Waals surface area contributed by atoms with E-state index in [4.69, 9.17) is 0 Å². The van der Waals surface area contributed by atoms with Crippen molar-refractivity contribution >= 4 is 5.91 Å². The van der Waals surface area contributed by atoms with E-state index >= 15 is 0 Å². The van der Waals surface area contributed by atoms with Crippen LogP contribution in [0.4, 0.5) is 0 Å². The molecule has 0 saturated heterocycles. The Hall–Kier alpha value is -0.830. The summed E-state index contributed by atoms with van der Waals surface area (Å²) in [6, 6.07) is 0.372. The largest absolute Gasteiger partial charge is 0.352 e. The van der Waals surface area contributed by atoms with Crippen LogP contribution in [0.15, 0.2) is 12.7 Å². The molecule has 0 aromatic carbocycles. The van der Waals surface area contributed by atoms with E-state index in [1.54, 1.807) is 0 Å². The second kappa shape index (κ2) is 5.02. The van der Waals surface area contributed by atoms with E-state index < -0.39 is 0 Å². The zero-order valence-electron chi connectivity index (χ0n) is 8.18. The van der Waals surface area contributed by atoms with Gasteiger partial charge in [0.25, 0.3) is 0 Å². The number of rotatable bonds is 6. The van der Waals surface area contributed by atoms with Crippen LogP contribution in [0, 0.1) is 0 Å². The molecular weight excluding hydrogens is 164 g/mol. The minimum absolute atomic E-state index is 0.0828. The molecule has 1 saturated carbocycles. The van der Waals surface area contributed by atoms with E-state index in [1.807, 2.05) is 13.0 Å². The average molecular weight is 182 g/mol. The van der Waals surface area contributed by atoms with E-state index in [9.17, 15) is 4.79 Å². The van der Waals surface area contributed by atoms with Gasteiger partial charge in [0.15, 0.2) is 0 Å². The molecule has 0 aromatic heterocycles. The van der Waals surface area contributed by atoms with Gasteiger partial charge in [-0.1, -0.05) is 6.08 Å². The molecule has 1 aliphatic carbocycles. The Morgan fingerprint density at radius 1 is 1.69 bits per heavy atom. The fourth-order valence-electron chi connectivity index (χ4n) is 1.05. The summed E-state index contributed by atoms with van der Waals surface area (Å²) >= 11 is 0. The van der Waals surface area contributed by atoms with Crippen molar-refractivity contribution in [3.8, 4) is 0 Å². The fourth-order valence-corrected chi connectivity index (χ4v) is 1.05. The van der Waals surface area contributed by atoms with Gasteiger partial charge in [0.2, 0.25) is 5.91 Å². The molecule has 0 heterocycles. The molecular formula is C10H18N2O. The van der Waals surface area contributed by atoms with Crippen molar-refractivity contribution in [3.05, 3.63) is 12.7 Å². The van der Waals surface area contributed by atoms with Crippen molar-refractivity contribution in [2.24, 2.45) is 0 Å². The van der Waals surface area contributed by atoms with Gasteiger partial charge in [-0.05, 0) is 32.7 Å². The highest BCUT2D eigenvalue weighted by atomic mass is 16.2. The third-order valence-electron chi connectivity index (χ3n) is 2.12. The second-order valence-corrected chi connectivity index (χ2v) is 3.54. The molecule has 1 rings (SSSR count). The lowest BCUT2D eigenvalue weighted by Gasteiger charge is -2.12. The molecule has 74 valence electrons. The quantitative estimate of drug-likeness (QED) is 0.471. The Labute approximate surface area is 79.6 Å². The highest BCUT2D eigenvalue weighted by Crippen LogP contribution is 2.18. The molecule has 1 aliphatic rings.